The van der Waals surface area contributed by atoms with Crippen LogP contribution in [-0.4, -0.2) is 0 Å². The van der Waals surface area contributed by atoms with Crippen LogP contribution >= 0.6 is 11.6 Å². The van der Waals surface area contributed by atoms with E-state index in [-0.39, 0.29) is 0 Å². The van der Waals surface area contributed by atoms with Gasteiger partial charge in [0.15, 0.2) is 0 Å². The minimum Gasteiger partial charge on any atom is -0.398 e. The quantitative estimate of drug-likeness (QED) is 0.331. The molecule has 4 rings (SSSR count). The van der Waals surface area contributed by atoms with Gasteiger partial charge in [-0.3, -0.25) is 0 Å². The maximum absolute atomic E-state index is 6.46. The van der Waals surface area contributed by atoms with E-state index in [2.05, 4.69) is 78.9 Å². The highest BCUT2D eigenvalue weighted by molar-refractivity contribution is 6.33. The molecule has 0 aliphatic rings. The summed E-state index contributed by atoms with van der Waals surface area (Å²) in [6.45, 7) is 0. The van der Waals surface area contributed by atoms with Gasteiger partial charge in [-0.15, -0.1) is 0 Å². The smallest absolute Gasteiger partial charge is 0.0702 e. The fourth-order valence-electron chi connectivity index (χ4n) is 3.82. The summed E-state index contributed by atoms with van der Waals surface area (Å²) in [5.41, 5.74) is 10.8. The Morgan fingerprint density at radius 2 is 0.926 bits per heavy atom. The van der Waals surface area contributed by atoms with Crippen molar-refractivity contribution >= 4 is 17.3 Å². The molecular weight excluding hydrogens is 350 g/mol. The fourth-order valence-corrected chi connectivity index (χ4v) is 4.01. The lowest BCUT2D eigenvalue weighted by atomic mass is 9.65. The Balaban J connectivity index is 2.14. The van der Waals surface area contributed by atoms with Crippen LogP contribution in [0.1, 0.15) is 22.3 Å². The number of benzene rings is 4. The SMILES string of the molecule is Nc1ccc(C(c2ccccc2)(c2ccccc2)c2ccccc2)cc1Cl. The van der Waals surface area contributed by atoms with Gasteiger partial charge < -0.3 is 5.73 Å². The molecule has 2 N–H and O–H groups in total. The average molecular weight is 370 g/mol. The van der Waals surface area contributed by atoms with Crippen LogP contribution in [0.15, 0.2) is 109 Å². The predicted molar refractivity (Wildman–Crippen MR) is 114 cm³/mol. The molecule has 0 radical (unpaired) electrons. The van der Waals surface area contributed by atoms with E-state index in [1.165, 1.54) is 16.7 Å². The molecule has 4 aromatic carbocycles. The number of rotatable bonds is 4. The van der Waals surface area contributed by atoms with Crippen LogP contribution in [-0.2, 0) is 5.41 Å². The second kappa shape index (κ2) is 7.30. The zero-order valence-corrected chi connectivity index (χ0v) is 15.6. The van der Waals surface area contributed by atoms with Gasteiger partial charge >= 0.3 is 0 Å². The molecule has 27 heavy (non-hydrogen) atoms. The van der Waals surface area contributed by atoms with E-state index >= 15 is 0 Å². The molecule has 0 fully saturated rings. The molecule has 1 nitrogen and oxygen atoms in total. The highest BCUT2D eigenvalue weighted by Gasteiger charge is 2.38. The van der Waals surface area contributed by atoms with Crippen LogP contribution < -0.4 is 5.73 Å². The number of hydrogen-bond donors (Lipinski definition) is 1. The standard InChI is InChI=1S/C25H20ClN/c26-23-18-22(16-17-24(23)27)25(19-10-4-1-5-11-19,20-12-6-2-7-13-20)21-14-8-3-9-15-21/h1-18H,27H2. The van der Waals surface area contributed by atoms with Crippen molar-refractivity contribution < 1.29 is 0 Å². The van der Waals surface area contributed by atoms with Gasteiger partial charge in [-0.2, -0.15) is 0 Å². The summed E-state index contributed by atoms with van der Waals surface area (Å²) < 4.78 is 0. The molecule has 0 aliphatic carbocycles. The molecule has 0 saturated carbocycles. The Morgan fingerprint density at radius 3 is 1.30 bits per heavy atom. The first-order chi connectivity index (χ1) is 13.2. The highest BCUT2D eigenvalue weighted by Crippen LogP contribution is 2.45. The number of hydrogen-bond acceptors (Lipinski definition) is 1. The zero-order chi connectivity index (χ0) is 18.7. The van der Waals surface area contributed by atoms with E-state index in [1.807, 2.05) is 30.3 Å². The second-order valence-corrected chi connectivity index (χ2v) is 6.99. The van der Waals surface area contributed by atoms with Crippen molar-refractivity contribution in [3.63, 3.8) is 0 Å². The molecule has 0 aromatic heterocycles. The first-order valence-corrected chi connectivity index (χ1v) is 9.33. The molecule has 0 spiro atoms. The summed E-state index contributed by atoms with van der Waals surface area (Å²) in [7, 11) is 0. The van der Waals surface area contributed by atoms with Crippen molar-refractivity contribution in [3.05, 3.63) is 136 Å². The summed E-state index contributed by atoms with van der Waals surface area (Å²) in [6, 6.07) is 37.6. The van der Waals surface area contributed by atoms with Gasteiger partial charge in [0.1, 0.15) is 0 Å². The van der Waals surface area contributed by atoms with Crippen LogP contribution in [0.25, 0.3) is 0 Å². The Morgan fingerprint density at radius 1 is 0.519 bits per heavy atom. The van der Waals surface area contributed by atoms with Crippen molar-refractivity contribution in [2.75, 3.05) is 5.73 Å². The number of anilines is 1. The van der Waals surface area contributed by atoms with Crippen LogP contribution in [0, 0.1) is 0 Å². The number of nitrogen functional groups attached to an aromatic ring is 1. The van der Waals surface area contributed by atoms with Crippen LogP contribution in [0.5, 0.6) is 0 Å². The monoisotopic (exact) mass is 369 g/mol. The molecule has 4 aromatic rings. The third kappa shape index (κ3) is 3.01. The molecule has 0 unspecified atom stereocenters. The van der Waals surface area contributed by atoms with E-state index in [4.69, 9.17) is 17.3 Å². The molecule has 0 aliphatic heterocycles. The van der Waals surface area contributed by atoms with E-state index < -0.39 is 5.41 Å². The first-order valence-electron chi connectivity index (χ1n) is 8.95. The first kappa shape index (κ1) is 17.4. The summed E-state index contributed by atoms with van der Waals surface area (Å²) in [6.07, 6.45) is 0. The summed E-state index contributed by atoms with van der Waals surface area (Å²) in [5.74, 6) is 0. The van der Waals surface area contributed by atoms with E-state index in [0.29, 0.717) is 10.7 Å². The van der Waals surface area contributed by atoms with Gasteiger partial charge in [0.25, 0.3) is 0 Å². The van der Waals surface area contributed by atoms with Crippen molar-refractivity contribution in [1.29, 1.82) is 0 Å². The Labute approximate surface area is 165 Å². The van der Waals surface area contributed by atoms with Gasteiger partial charge in [-0.1, -0.05) is 109 Å². The molecule has 0 bridgehead atoms. The number of nitrogens with two attached hydrogens (primary N) is 1. The average Bonchev–Trinajstić information content (AvgIpc) is 2.74. The molecule has 2 heteroatoms. The van der Waals surface area contributed by atoms with Gasteiger partial charge in [0.05, 0.1) is 16.1 Å². The highest BCUT2D eigenvalue weighted by atomic mass is 35.5. The summed E-state index contributed by atoms with van der Waals surface area (Å²) >= 11 is 6.46. The second-order valence-electron chi connectivity index (χ2n) is 6.58. The van der Waals surface area contributed by atoms with Crippen LogP contribution in [0.4, 0.5) is 5.69 Å². The molecule has 0 heterocycles. The topological polar surface area (TPSA) is 26.0 Å². The van der Waals surface area contributed by atoms with Gasteiger partial charge in [-0.25, -0.2) is 0 Å². The van der Waals surface area contributed by atoms with Crippen molar-refractivity contribution in [2.24, 2.45) is 0 Å². The molecule has 0 saturated heterocycles. The molecular formula is C25H20ClN. The largest absolute Gasteiger partial charge is 0.398 e. The van der Waals surface area contributed by atoms with E-state index in [1.54, 1.807) is 0 Å². The van der Waals surface area contributed by atoms with Crippen molar-refractivity contribution in [3.8, 4) is 0 Å². The minimum absolute atomic E-state index is 0.485. The zero-order valence-electron chi connectivity index (χ0n) is 14.8. The predicted octanol–water partition coefficient (Wildman–Crippen LogP) is 6.30. The molecule has 0 amide bonds. The van der Waals surface area contributed by atoms with Gasteiger partial charge in [0.2, 0.25) is 0 Å². The lowest BCUT2D eigenvalue weighted by Gasteiger charge is -2.37. The Bertz CT molecular complexity index is 931. The van der Waals surface area contributed by atoms with Crippen molar-refractivity contribution in [2.45, 2.75) is 5.41 Å². The van der Waals surface area contributed by atoms with E-state index in [0.717, 1.165) is 5.56 Å². The Hall–Kier alpha value is -3.03. The number of halogens is 1. The molecule has 0 atom stereocenters. The van der Waals surface area contributed by atoms with E-state index in [9.17, 15) is 0 Å². The van der Waals surface area contributed by atoms with Crippen LogP contribution in [0.2, 0.25) is 5.02 Å². The fraction of sp³-hybridized carbons (Fsp3) is 0.0400. The third-order valence-electron chi connectivity index (χ3n) is 5.05. The van der Waals surface area contributed by atoms with Crippen molar-refractivity contribution in [1.82, 2.24) is 0 Å². The maximum Gasteiger partial charge on any atom is 0.0702 e. The minimum atomic E-state index is -0.485. The maximum atomic E-state index is 6.46. The van der Waals surface area contributed by atoms with Crippen LogP contribution in [0.3, 0.4) is 0 Å². The summed E-state index contributed by atoms with van der Waals surface area (Å²) in [5, 5.41) is 0.569. The van der Waals surface area contributed by atoms with Gasteiger partial charge in [-0.05, 0) is 34.4 Å². The lowest BCUT2D eigenvalue weighted by molar-refractivity contribution is 0.745. The summed E-state index contributed by atoms with van der Waals surface area (Å²) in [4.78, 5) is 0. The van der Waals surface area contributed by atoms with Gasteiger partial charge in [0, 0.05) is 0 Å². The normalized spacial score (nSPS) is 11.3. The molecule has 132 valence electrons. The third-order valence-corrected chi connectivity index (χ3v) is 5.38. The Kier molecular flexibility index (Phi) is 4.70. The lowest BCUT2D eigenvalue weighted by Crippen LogP contribution is -2.31.